The number of hydrogen-bond acceptors (Lipinski definition) is 7. The molecule has 1 aliphatic rings. The second-order valence-corrected chi connectivity index (χ2v) is 6.33. The van der Waals surface area contributed by atoms with Crippen LogP contribution in [0, 0.1) is 5.41 Å². The zero-order valence-corrected chi connectivity index (χ0v) is 18.3. The molecule has 0 aliphatic carbocycles. The van der Waals surface area contributed by atoms with Crippen LogP contribution in [0.5, 0.6) is 0 Å². The minimum absolute atomic E-state index is 0.156. The van der Waals surface area contributed by atoms with E-state index in [9.17, 15) is 14.4 Å². The number of aliphatic carboxylic acids is 3. The van der Waals surface area contributed by atoms with Crippen LogP contribution in [0.4, 0.5) is 0 Å². The summed E-state index contributed by atoms with van der Waals surface area (Å²) in [6.07, 6.45) is 0.594. The zero-order valence-electron chi connectivity index (χ0n) is 18.3. The van der Waals surface area contributed by atoms with E-state index in [-0.39, 0.29) is 36.5 Å². The molecule has 1 fully saturated rings. The highest BCUT2D eigenvalue weighted by molar-refractivity contribution is 5.85. The van der Waals surface area contributed by atoms with Gasteiger partial charge < -0.3 is 36.0 Å². The zero-order chi connectivity index (χ0) is 24.9. The lowest BCUT2D eigenvalue weighted by molar-refractivity contribution is -0.133. The van der Waals surface area contributed by atoms with Crippen molar-refractivity contribution in [2.24, 2.45) is 5.41 Å². The summed E-state index contributed by atoms with van der Waals surface area (Å²) in [5.41, 5.74) is -0.139. The molecule has 0 saturated carbocycles. The summed E-state index contributed by atoms with van der Waals surface area (Å²) < 4.78 is 0. The first-order valence-electron chi connectivity index (χ1n) is 8.87. The summed E-state index contributed by atoms with van der Waals surface area (Å²) in [6.45, 7) is 17.7. The van der Waals surface area contributed by atoms with Gasteiger partial charge in [0.15, 0.2) is 0 Å². The lowest BCUT2D eigenvalue weighted by atomic mass is 9.88. The minimum atomic E-state index is -0.935. The van der Waals surface area contributed by atoms with Crippen LogP contribution in [-0.4, -0.2) is 81.5 Å². The highest BCUT2D eigenvalue weighted by Gasteiger charge is 2.24. The van der Waals surface area contributed by atoms with Crippen LogP contribution in [-0.2, 0) is 14.4 Å². The Morgan fingerprint density at radius 3 is 0.900 bits per heavy atom. The van der Waals surface area contributed by atoms with Crippen LogP contribution in [0.15, 0.2) is 36.5 Å². The third kappa shape index (κ3) is 30.2. The van der Waals surface area contributed by atoms with Crippen molar-refractivity contribution in [2.45, 2.75) is 34.1 Å². The SMILES string of the molecule is C1CN1.C=C(C)C(=O)O.C=C(C)C(=O)O.C=C(C)C(=O)O.CCC(CO)(CO)CO. The fourth-order valence-electron chi connectivity index (χ4n) is 0.485. The molecule has 1 saturated heterocycles. The van der Waals surface area contributed by atoms with Crippen LogP contribution in [0.25, 0.3) is 0 Å². The van der Waals surface area contributed by atoms with Crippen molar-refractivity contribution < 1.29 is 45.0 Å². The molecule has 10 heteroatoms. The molecule has 1 heterocycles. The standard InChI is InChI=1S/C6H14O3.3C4H6O2.C2H5N/c1-2-6(3-7,4-8)5-9;3*1-3(2)4(5)6;1-2-3-1/h7-9H,2-5H2,1H3;3*1H2,2H3,(H,5,6);3H,1-2H2. The molecular weight excluding hydrogens is 398 g/mol. The third-order valence-electron chi connectivity index (χ3n) is 3.10. The molecule has 1 rings (SSSR count). The van der Waals surface area contributed by atoms with Crippen LogP contribution in [0.3, 0.4) is 0 Å². The van der Waals surface area contributed by atoms with Gasteiger partial charge in [0.25, 0.3) is 0 Å². The lowest BCUT2D eigenvalue weighted by Crippen LogP contribution is -2.32. The second-order valence-electron chi connectivity index (χ2n) is 6.33. The second kappa shape index (κ2) is 21.2. The Kier molecular flexibility index (Phi) is 24.7. The quantitative estimate of drug-likeness (QED) is 0.223. The summed E-state index contributed by atoms with van der Waals surface area (Å²) in [5, 5.41) is 52.6. The highest BCUT2D eigenvalue weighted by Crippen LogP contribution is 2.18. The van der Waals surface area contributed by atoms with E-state index < -0.39 is 23.3 Å². The number of rotatable bonds is 7. The number of hydrogen-bond donors (Lipinski definition) is 7. The maximum absolute atomic E-state index is 9.60. The van der Waals surface area contributed by atoms with Crippen LogP contribution < -0.4 is 5.32 Å². The van der Waals surface area contributed by atoms with Gasteiger partial charge in [-0.2, -0.15) is 0 Å². The number of aliphatic hydroxyl groups is 3. The molecule has 0 aromatic rings. The van der Waals surface area contributed by atoms with Gasteiger partial charge in [0.05, 0.1) is 19.8 Å². The average molecular weight is 436 g/mol. The van der Waals surface area contributed by atoms with Gasteiger partial charge in [-0.25, -0.2) is 14.4 Å². The smallest absolute Gasteiger partial charge is 0.330 e. The molecule has 10 nitrogen and oxygen atoms in total. The molecule has 176 valence electrons. The van der Waals surface area contributed by atoms with Gasteiger partial charge in [0, 0.05) is 35.2 Å². The molecule has 30 heavy (non-hydrogen) atoms. The fourth-order valence-corrected chi connectivity index (χ4v) is 0.485. The summed E-state index contributed by atoms with van der Waals surface area (Å²) in [6, 6.07) is 0. The number of carboxylic acid groups (broad SMARTS) is 3. The van der Waals surface area contributed by atoms with E-state index in [0.29, 0.717) is 6.42 Å². The molecule has 0 amide bonds. The van der Waals surface area contributed by atoms with Gasteiger partial charge >= 0.3 is 17.9 Å². The predicted octanol–water partition coefficient (Wildman–Crippen LogP) is 0.891. The normalized spacial score (nSPS) is 10.5. The van der Waals surface area contributed by atoms with E-state index in [1.165, 1.54) is 33.9 Å². The maximum atomic E-state index is 9.60. The molecule has 0 radical (unpaired) electrons. The van der Waals surface area contributed by atoms with E-state index in [4.69, 9.17) is 30.6 Å². The predicted molar refractivity (Wildman–Crippen MR) is 114 cm³/mol. The van der Waals surface area contributed by atoms with Crippen LogP contribution in [0.2, 0.25) is 0 Å². The van der Waals surface area contributed by atoms with E-state index in [1.54, 1.807) is 0 Å². The van der Waals surface area contributed by atoms with Gasteiger partial charge in [-0.05, 0) is 27.2 Å². The molecule has 0 atom stereocenters. The first kappa shape index (κ1) is 34.9. The van der Waals surface area contributed by atoms with Gasteiger partial charge in [0.1, 0.15) is 0 Å². The molecule has 1 aliphatic heterocycles. The average Bonchev–Trinajstić information content (AvgIpc) is 3.54. The van der Waals surface area contributed by atoms with Crippen molar-refractivity contribution >= 4 is 17.9 Å². The Morgan fingerprint density at radius 2 is 0.900 bits per heavy atom. The maximum Gasteiger partial charge on any atom is 0.330 e. The van der Waals surface area contributed by atoms with Gasteiger partial charge in [-0.1, -0.05) is 26.7 Å². The minimum Gasteiger partial charge on any atom is -0.478 e. The topological polar surface area (TPSA) is 195 Å². The molecule has 7 N–H and O–H groups in total. The van der Waals surface area contributed by atoms with Gasteiger partial charge in [-0.3, -0.25) is 0 Å². The Bertz CT molecular complexity index is 437. The number of carbonyl (C=O) groups is 3. The van der Waals surface area contributed by atoms with E-state index in [2.05, 4.69) is 25.1 Å². The van der Waals surface area contributed by atoms with Crippen molar-refractivity contribution in [3.05, 3.63) is 36.5 Å². The Balaban J connectivity index is -0.000000145. The number of aliphatic hydroxyl groups excluding tert-OH is 3. The van der Waals surface area contributed by atoms with Crippen molar-refractivity contribution in [3.63, 3.8) is 0 Å². The molecule has 0 aromatic heterocycles. The van der Waals surface area contributed by atoms with Crippen LogP contribution in [0.1, 0.15) is 34.1 Å². The molecule has 0 spiro atoms. The summed E-state index contributed by atoms with van der Waals surface area (Å²) >= 11 is 0. The Hall–Kier alpha value is -2.53. The fraction of sp³-hybridized carbons (Fsp3) is 0.550. The van der Waals surface area contributed by atoms with Crippen molar-refractivity contribution in [3.8, 4) is 0 Å². The van der Waals surface area contributed by atoms with Crippen LogP contribution >= 0.6 is 0 Å². The summed E-state index contributed by atoms with van der Waals surface area (Å²) in [7, 11) is 0. The van der Waals surface area contributed by atoms with E-state index >= 15 is 0 Å². The van der Waals surface area contributed by atoms with E-state index in [0.717, 1.165) is 0 Å². The molecular formula is C20H37NO9. The molecule has 0 bridgehead atoms. The molecule has 0 unspecified atom stereocenters. The Morgan fingerprint density at radius 1 is 0.733 bits per heavy atom. The van der Waals surface area contributed by atoms with Gasteiger partial charge in [0.2, 0.25) is 0 Å². The van der Waals surface area contributed by atoms with Crippen molar-refractivity contribution in [1.82, 2.24) is 5.32 Å². The number of nitrogens with one attached hydrogen (secondary N) is 1. The third-order valence-corrected chi connectivity index (χ3v) is 3.10. The number of carboxylic acids is 3. The summed E-state index contributed by atoms with van der Waals surface area (Å²) in [4.78, 5) is 28.8. The van der Waals surface area contributed by atoms with Gasteiger partial charge in [-0.15, -0.1) is 0 Å². The van der Waals surface area contributed by atoms with Crippen molar-refractivity contribution in [2.75, 3.05) is 32.9 Å². The first-order chi connectivity index (χ1) is 13.7. The Labute approximate surface area is 177 Å². The largest absolute Gasteiger partial charge is 0.478 e. The highest BCUT2D eigenvalue weighted by atomic mass is 16.4. The molecule has 0 aromatic carbocycles. The van der Waals surface area contributed by atoms with E-state index in [1.807, 2.05) is 6.92 Å². The monoisotopic (exact) mass is 435 g/mol. The summed E-state index contributed by atoms with van der Waals surface area (Å²) in [5.74, 6) is -2.81. The lowest BCUT2D eigenvalue weighted by Gasteiger charge is -2.24. The first-order valence-corrected chi connectivity index (χ1v) is 8.87. The van der Waals surface area contributed by atoms with Crippen molar-refractivity contribution in [1.29, 1.82) is 0 Å².